The van der Waals surface area contributed by atoms with E-state index < -0.39 is 40.5 Å². The number of thiocarbonyl (C=S) groups is 1. The number of carbonyl (C=O) groups excluding carboxylic acids is 1. The lowest BCUT2D eigenvalue weighted by atomic mass is 9.41. The highest BCUT2D eigenvalue weighted by Crippen LogP contribution is 2.70. The van der Waals surface area contributed by atoms with Gasteiger partial charge in [-0.2, -0.15) is 5.10 Å². The van der Waals surface area contributed by atoms with Gasteiger partial charge >= 0.3 is 5.97 Å². The number of nitrogens with zero attached hydrogens (tertiary/aromatic N) is 1. The molecule has 12 heteroatoms. The molecule has 5 fully saturated rings. The molecule has 0 aromatic rings. The minimum Gasteiger partial charge on any atom is -0.458 e. The Balaban J connectivity index is 1.27. The van der Waals surface area contributed by atoms with Crippen LogP contribution in [0.2, 0.25) is 0 Å². The van der Waals surface area contributed by atoms with Gasteiger partial charge in [-0.05, 0) is 93.8 Å². The van der Waals surface area contributed by atoms with Crippen molar-refractivity contribution < 1.29 is 39.1 Å². The van der Waals surface area contributed by atoms with Gasteiger partial charge in [-0.1, -0.05) is 6.92 Å². The monoisotopic (exact) mass is 621 g/mol. The molecule has 4 saturated carbocycles. The predicted octanol–water partition coefficient (Wildman–Crippen LogP) is 2.05. The zero-order chi connectivity index (χ0) is 30.8. The molecule has 0 unspecified atom stereocenters. The van der Waals surface area contributed by atoms with Crippen LogP contribution >= 0.6 is 12.2 Å². The maximum atomic E-state index is 12.6. The highest BCUT2D eigenvalue weighted by Gasteiger charge is 2.71. The normalized spacial score (nSPS) is 49.5. The Morgan fingerprint density at radius 2 is 1.95 bits per heavy atom. The molecule has 6 N–H and O–H groups in total. The van der Waals surface area contributed by atoms with Gasteiger partial charge in [0, 0.05) is 43.1 Å². The van der Waals surface area contributed by atoms with Crippen LogP contribution in [0.5, 0.6) is 0 Å². The number of hydrogen-bond acceptors (Lipinski definition) is 10. The van der Waals surface area contributed by atoms with Crippen LogP contribution in [0.1, 0.15) is 78.1 Å². The molecule has 0 amide bonds. The van der Waals surface area contributed by atoms with Crippen molar-refractivity contribution in [2.45, 2.75) is 120 Å². The highest BCUT2D eigenvalue weighted by atomic mass is 32.1. The van der Waals surface area contributed by atoms with Crippen molar-refractivity contribution >= 4 is 29.5 Å². The van der Waals surface area contributed by atoms with E-state index in [1.807, 2.05) is 13.1 Å². The van der Waals surface area contributed by atoms with Gasteiger partial charge in [0.25, 0.3) is 0 Å². The van der Waals surface area contributed by atoms with Crippen molar-refractivity contribution in [3.05, 3.63) is 11.6 Å². The summed E-state index contributed by atoms with van der Waals surface area (Å²) < 4.78 is 23.1. The molecule has 0 radical (unpaired) electrons. The number of nitrogens with two attached hydrogens (primary N) is 1. The molecule has 2 heterocycles. The number of aliphatic hydroxyl groups is 3. The Kier molecular flexibility index (Phi) is 8.22. The largest absolute Gasteiger partial charge is 0.458 e. The summed E-state index contributed by atoms with van der Waals surface area (Å²) in [6.45, 7) is 4.29. The van der Waals surface area contributed by atoms with Gasteiger partial charge in [-0.3, -0.25) is 5.43 Å². The van der Waals surface area contributed by atoms with Gasteiger partial charge in [0.2, 0.25) is 0 Å². The first kappa shape index (κ1) is 31.3. The fraction of sp³-hybridized carbons (Fsp3) is 0.839. The molecule has 0 spiro atoms. The minimum absolute atomic E-state index is 0.0182. The van der Waals surface area contributed by atoms with E-state index in [1.165, 1.54) is 0 Å². The molecule has 0 bridgehead atoms. The summed E-state index contributed by atoms with van der Waals surface area (Å²) in [6, 6.07) is 0. The molecule has 4 aliphatic carbocycles. The number of rotatable bonds is 6. The first-order valence-corrected chi connectivity index (χ1v) is 16.2. The summed E-state index contributed by atoms with van der Waals surface area (Å²) in [5, 5.41) is 40.1. The molecule has 43 heavy (non-hydrogen) atoms. The molecule has 6 rings (SSSR count). The Hall–Kier alpha value is -1.67. The summed E-state index contributed by atoms with van der Waals surface area (Å²) >= 11 is 5.01. The zero-order valence-electron chi connectivity index (χ0n) is 25.4. The van der Waals surface area contributed by atoms with Crippen molar-refractivity contribution in [1.82, 2.24) is 5.43 Å². The SMILES string of the molecule is CO[C@@H]1C[C@H](O[C@@H]2CC[C@]3(/C=N\NC(N)=S)[C@H]4CC[C@]5(C)[C@H](C6=CC(=O)OC6)CC[C@]5(O)[C@@H]4CC[C@]3(O)C2)O[C@@H](C)[C@H]1O. The van der Waals surface area contributed by atoms with Gasteiger partial charge in [0.15, 0.2) is 11.4 Å². The van der Waals surface area contributed by atoms with Crippen LogP contribution in [-0.2, 0) is 23.7 Å². The third-order valence-corrected chi connectivity index (χ3v) is 12.5. The van der Waals surface area contributed by atoms with E-state index in [1.54, 1.807) is 13.2 Å². The predicted molar refractivity (Wildman–Crippen MR) is 161 cm³/mol. The molecule has 240 valence electrons. The average molecular weight is 622 g/mol. The number of hydrazone groups is 1. The number of aliphatic hydroxyl groups excluding tert-OH is 1. The van der Waals surface area contributed by atoms with E-state index in [0.29, 0.717) is 51.6 Å². The Morgan fingerprint density at radius 3 is 2.65 bits per heavy atom. The van der Waals surface area contributed by atoms with Crippen molar-refractivity contribution in [2.24, 2.45) is 39.4 Å². The average Bonchev–Trinajstić information content (AvgIpc) is 3.50. The number of carbonyl (C=O) groups is 1. The Morgan fingerprint density at radius 1 is 1.19 bits per heavy atom. The van der Waals surface area contributed by atoms with Crippen LogP contribution in [0.4, 0.5) is 0 Å². The Labute approximate surface area is 258 Å². The summed E-state index contributed by atoms with van der Waals surface area (Å²) in [4.78, 5) is 11.9. The van der Waals surface area contributed by atoms with Gasteiger partial charge < -0.3 is 40.0 Å². The van der Waals surface area contributed by atoms with Gasteiger partial charge in [0.1, 0.15) is 12.7 Å². The fourth-order valence-corrected chi connectivity index (χ4v) is 10.3. The smallest absolute Gasteiger partial charge is 0.331 e. The fourth-order valence-electron chi connectivity index (χ4n) is 10.2. The summed E-state index contributed by atoms with van der Waals surface area (Å²) in [5.41, 5.74) is 6.21. The van der Waals surface area contributed by atoms with Crippen molar-refractivity contribution in [3.63, 3.8) is 0 Å². The van der Waals surface area contributed by atoms with E-state index in [4.69, 9.17) is 36.9 Å². The number of hydrogen-bond donors (Lipinski definition) is 5. The lowest BCUT2D eigenvalue weighted by molar-refractivity contribution is -0.284. The zero-order valence-corrected chi connectivity index (χ0v) is 26.2. The topological polar surface area (TPSA) is 165 Å². The van der Waals surface area contributed by atoms with Gasteiger partial charge in [0.05, 0.1) is 29.5 Å². The lowest BCUT2D eigenvalue weighted by Gasteiger charge is -2.66. The molecule has 1 saturated heterocycles. The molecule has 0 aromatic heterocycles. The quantitative estimate of drug-likeness (QED) is 0.0969. The first-order chi connectivity index (χ1) is 20.4. The maximum Gasteiger partial charge on any atom is 0.331 e. The number of cyclic esters (lactones) is 1. The number of methoxy groups -OCH3 is 1. The third-order valence-electron chi connectivity index (χ3n) is 12.4. The third kappa shape index (κ3) is 4.96. The molecular weight excluding hydrogens is 574 g/mol. The highest BCUT2D eigenvalue weighted by molar-refractivity contribution is 7.80. The van der Waals surface area contributed by atoms with Crippen LogP contribution in [0.15, 0.2) is 16.8 Å². The van der Waals surface area contributed by atoms with Gasteiger partial charge in [-0.15, -0.1) is 0 Å². The maximum absolute atomic E-state index is 12.6. The molecule has 2 aliphatic heterocycles. The van der Waals surface area contributed by atoms with Gasteiger partial charge in [-0.25, -0.2) is 4.79 Å². The second-order valence-corrected chi connectivity index (χ2v) is 14.6. The second-order valence-electron chi connectivity index (χ2n) is 14.1. The number of esters is 1. The Bertz CT molecular complexity index is 1190. The molecular formula is C31H47N3O8S. The molecule has 6 aliphatic rings. The molecule has 0 aromatic carbocycles. The van der Waals surface area contributed by atoms with Crippen LogP contribution in [-0.4, -0.2) is 88.2 Å². The standard InChI is InChI=1S/C31H47N3O8S/c1-17-26(36)23(39-3)13-25(41-17)42-19-4-9-29(16-33-34-27(32)43)21-5-8-28(2)20(18-12-24(35)40-15-18)7-11-31(28,38)22(21)6-10-30(29,37)14-19/h12,16-17,19-23,25-26,36-38H,4-11,13-15H2,1-3H3,(H3,32,34,43)/b33-16-/t17-,19+,20-,21-,22+,23+,25-,26+,28+,29-,30-,31-/m0/s1. The van der Waals surface area contributed by atoms with Crippen molar-refractivity contribution in [3.8, 4) is 0 Å². The van der Waals surface area contributed by atoms with Crippen LogP contribution in [0.25, 0.3) is 0 Å². The van der Waals surface area contributed by atoms with E-state index in [-0.39, 0.29) is 41.0 Å². The summed E-state index contributed by atoms with van der Waals surface area (Å²) in [5.74, 6) is -0.277. The van der Waals surface area contributed by atoms with E-state index >= 15 is 0 Å². The van der Waals surface area contributed by atoms with Crippen LogP contribution in [0, 0.1) is 28.6 Å². The van der Waals surface area contributed by atoms with Crippen molar-refractivity contribution in [2.75, 3.05) is 13.7 Å². The van der Waals surface area contributed by atoms with Crippen LogP contribution in [0.3, 0.4) is 0 Å². The summed E-state index contributed by atoms with van der Waals surface area (Å²) in [6.07, 6.45) is 7.39. The molecule has 11 nitrogen and oxygen atoms in total. The second kappa shape index (κ2) is 11.3. The lowest BCUT2D eigenvalue weighted by Crippen LogP contribution is -2.69. The first-order valence-electron chi connectivity index (χ1n) is 15.8. The number of fused-ring (bicyclic) bond motifs is 5. The van der Waals surface area contributed by atoms with E-state index in [0.717, 1.165) is 24.8 Å². The molecule has 12 atom stereocenters. The van der Waals surface area contributed by atoms with E-state index in [2.05, 4.69) is 17.5 Å². The number of nitrogens with one attached hydrogen (secondary N) is 1. The van der Waals surface area contributed by atoms with Crippen molar-refractivity contribution in [1.29, 1.82) is 0 Å². The minimum atomic E-state index is -1.13. The number of ether oxygens (including phenoxy) is 4. The van der Waals surface area contributed by atoms with E-state index in [9.17, 15) is 20.1 Å². The van der Waals surface area contributed by atoms with Crippen LogP contribution < -0.4 is 11.2 Å². The summed E-state index contributed by atoms with van der Waals surface area (Å²) in [7, 11) is 1.58.